The number of rotatable bonds is 4. The molecule has 3 heterocycles. The first kappa shape index (κ1) is 35.0. The van der Waals surface area contributed by atoms with E-state index >= 15 is 0 Å². The molecule has 0 N–H and O–H groups in total. The standard InChI is InChI=1S/C29H20NO.C16H20GeN.Ir/c1-19-15-16-25-24-14-8-13-23(20-9-4-3-5-10-20)28(24)31-29(25)27(19)26-17-21-11-6-7-12-22(21)18-30(26)2;1-13-8-6-7-9-15(13)16-11-10-14(12-18(16)5)17(2,3)4;/h3-18H,1-2H2;6-12H,1,5H2,2-4H3;/q2*-1;. The van der Waals surface area contributed by atoms with Crippen LogP contribution >= 0.6 is 0 Å². The molecule has 0 saturated carbocycles. The van der Waals surface area contributed by atoms with E-state index in [0.717, 1.165) is 77.5 Å². The summed E-state index contributed by atoms with van der Waals surface area (Å²) in [6, 6.07) is 43.9. The Morgan fingerprint density at radius 1 is 0.540 bits per heavy atom. The minimum Gasteiger partial charge on any atom is 0 e. The van der Waals surface area contributed by atoms with Crippen LogP contribution in [0.5, 0.6) is 0 Å². The Bertz CT molecular complexity index is 2480. The van der Waals surface area contributed by atoms with Crippen LogP contribution in [-0.4, -0.2) is 13.3 Å². The molecule has 5 heteroatoms. The van der Waals surface area contributed by atoms with Crippen LogP contribution in [0.15, 0.2) is 144 Å². The van der Waals surface area contributed by atoms with E-state index in [0.29, 0.717) is 0 Å². The fraction of sp³-hybridized carbons (Fsp3) is 0.0667. The number of nitrogens with zero attached hydrogens (tertiary/aromatic N) is 2. The topological polar surface area (TPSA) is 20.9 Å². The average molecular weight is 890 g/mol. The molecule has 1 radical (unpaired) electrons. The van der Waals surface area contributed by atoms with Crippen molar-refractivity contribution in [3.63, 3.8) is 0 Å². The van der Waals surface area contributed by atoms with Gasteiger partial charge in [0.15, 0.2) is 0 Å². The van der Waals surface area contributed by atoms with Gasteiger partial charge in [-0.25, -0.2) is 0 Å². The third-order valence-corrected chi connectivity index (χ3v) is 13.4. The third kappa shape index (κ3) is 6.67. The second kappa shape index (κ2) is 14.2. The SMILES string of the molecule is [CH2-]c1ccc2c(oc3c(-c4ccccc4)cccc32)c1-c1cc2ccccc2c[n+]1[CH2-].[CH2-]c1ccccc1-c1cc[c]([Ge]([CH3])([CH3])[CH3])c[n+]1[CH2-].[Ir]. The molecule has 0 unspecified atom stereocenters. The van der Waals surface area contributed by atoms with Gasteiger partial charge >= 0.3 is 113 Å². The van der Waals surface area contributed by atoms with Crippen LogP contribution < -0.4 is 13.5 Å². The van der Waals surface area contributed by atoms with Crippen molar-refractivity contribution >= 4 is 50.4 Å². The zero-order chi connectivity index (χ0) is 34.3. The van der Waals surface area contributed by atoms with Crippen molar-refractivity contribution in [2.24, 2.45) is 0 Å². The van der Waals surface area contributed by atoms with Crippen LogP contribution in [0.4, 0.5) is 0 Å². The van der Waals surface area contributed by atoms with Crippen molar-refractivity contribution in [3.05, 3.63) is 179 Å². The molecule has 0 bridgehead atoms. The van der Waals surface area contributed by atoms with Crippen LogP contribution in [0.25, 0.3) is 66.4 Å². The van der Waals surface area contributed by atoms with Crippen LogP contribution in [0.3, 0.4) is 0 Å². The molecule has 8 aromatic rings. The molecule has 0 fully saturated rings. The Hall–Kier alpha value is -4.87. The molecule has 0 aliphatic carbocycles. The monoisotopic (exact) mass is 891 g/mol. The first-order valence-corrected chi connectivity index (χ1v) is 23.8. The Labute approximate surface area is 311 Å². The van der Waals surface area contributed by atoms with Crippen LogP contribution in [0, 0.1) is 27.9 Å². The van der Waals surface area contributed by atoms with Crippen LogP contribution in [-0.2, 0) is 20.1 Å². The van der Waals surface area contributed by atoms with Gasteiger partial charge in [-0.05, 0) is 16.3 Å². The molecule has 0 saturated heterocycles. The summed E-state index contributed by atoms with van der Waals surface area (Å²) in [5.41, 5.74) is 10.2. The number of hydrogen-bond acceptors (Lipinski definition) is 1. The van der Waals surface area contributed by atoms with E-state index in [4.69, 9.17) is 4.42 Å². The fourth-order valence-corrected chi connectivity index (χ4v) is 8.84. The molecular formula is C45H40GeIrN2O-2. The van der Waals surface area contributed by atoms with Crippen LogP contribution in [0.2, 0.25) is 17.3 Å². The number of benzene rings is 5. The first-order valence-electron chi connectivity index (χ1n) is 16.5. The van der Waals surface area contributed by atoms with Gasteiger partial charge < -0.3 is 8.98 Å². The molecule has 0 amide bonds. The number of hydrogen-bond donors (Lipinski definition) is 0. The van der Waals surface area contributed by atoms with Gasteiger partial charge in [-0.15, -0.1) is 6.07 Å². The van der Waals surface area contributed by atoms with Gasteiger partial charge in [-0.2, -0.15) is 18.6 Å². The molecule has 3 nitrogen and oxygen atoms in total. The molecule has 8 rings (SSSR count). The molecule has 0 aliphatic rings. The van der Waals surface area contributed by atoms with Gasteiger partial charge in [0.25, 0.3) is 0 Å². The van der Waals surface area contributed by atoms with Gasteiger partial charge in [0.2, 0.25) is 0 Å². The largest absolute Gasteiger partial charge is 0 e. The average Bonchev–Trinajstić information content (AvgIpc) is 3.48. The summed E-state index contributed by atoms with van der Waals surface area (Å²) < 4.78 is 12.0. The number of aromatic nitrogens is 2. The van der Waals surface area contributed by atoms with Gasteiger partial charge in [0, 0.05) is 43.5 Å². The minimum atomic E-state index is -1.78. The van der Waals surface area contributed by atoms with Gasteiger partial charge in [0.1, 0.15) is 5.58 Å². The zero-order valence-corrected chi connectivity index (χ0v) is 33.2. The van der Waals surface area contributed by atoms with Crippen molar-refractivity contribution in [1.82, 2.24) is 0 Å². The summed E-state index contributed by atoms with van der Waals surface area (Å²) >= 11 is -1.78. The van der Waals surface area contributed by atoms with Crippen molar-refractivity contribution in [2.45, 2.75) is 17.3 Å². The summed E-state index contributed by atoms with van der Waals surface area (Å²) in [7, 11) is 8.39. The fourth-order valence-electron chi connectivity index (χ4n) is 6.48. The van der Waals surface area contributed by atoms with E-state index in [9.17, 15) is 0 Å². The predicted octanol–water partition coefficient (Wildman–Crippen LogP) is 10.2. The van der Waals surface area contributed by atoms with Crippen molar-refractivity contribution in [1.29, 1.82) is 0 Å². The zero-order valence-electron chi connectivity index (χ0n) is 28.7. The maximum absolute atomic E-state index is 6.59. The molecule has 3 aromatic heterocycles. The van der Waals surface area contributed by atoms with E-state index in [1.54, 1.807) is 0 Å². The summed E-state index contributed by atoms with van der Waals surface area (Å²) in [4.78, 5) is 0. The Kier molecular flexibility index (Phi) is 9.91. The smallest absolute Gasteiger partial charge is 0 e. The Morgan fingerprint density at radius 2 is 1.18 bits per heavy atom. The van der Waals surface area contributed by atoms with E-state index in [1.165, 1.54) is 4.40 Å². The van der Waals surface area contributed by atoms with Crippen LogP contribution in [0.1, 0.15) is 11.1 Å². The molecule has 0 aliphatic heterocycles. The first-order chi connectivity index (χ1) is 23.6. The molecule has 0 spiro atoms. The maximum Gasteiger partial charge on any atom is 0 e. The van der Waals surface area contributed by atoms with Crippen molar-refractivity contribution in [2.75, 3.05) is 0 Å². The predicted molar refractivity (Wildman–Crippen MR) is 208 cm³/mol. The van der Waals surface area contributed by atoms with E-state index in [2.05, 4.69) is 155 Å². The van der Waals surface area contributed by atoms with Gasteiger partial charge in [0.05, 0.1) is 17.5 Å². The Balaban J connectivity index is 0.000000196. The summed E-state index contributed by atoms with van der Waals surface area (Å²) in [5, 5.41) is 4.50. The van der Waals surface area contributed by atoms with Gasteiger partial charge in [-0.3, -0.25) is 0 Å². The second-order valence-electron chi connectivity index (χ2n) is 13.6. The van der Waals surface area contributed by atoms with E-state index in [-0.39, 0.29) is 20.1 Å². The maximum atomic E-state index is 6.59. The third-order valence-electron chi connectivity index (χ3n) is 9.17. The molecule has 0 atom stereocenters. The summed E-state index contributed by atoms with van der Waals surface area (Å²) in [6.07, 6.45) is 4.24. The number of fused-ring (bicyclic) bond motifs is 4. The van der Waals surface area contributed by atoms with E-state index < -0.39 is 13.3 Å². The van der Waals surface area contributed by atoms with Crippen molar-refractivity contribution < 1.29 is 33.7 Å². The normalized spacial score (nSPS) is 11.3. The van der Waals surface area contributed by atoms with Gasteiger partial charge in [-0.1, -0.05) is 84.4 Å². The quantitative estimate of drug-likeness (QED) is 0.0980. The number of para-hydroxylation sites is 1. The molecule has 251 valence electrons. The van der Waals surface area contributed by atoms with Crippen molar-refractivity contribution in [3.8, 4) is 33.6 Å². The Morgan fingerprint density at radius 3 is 1.90 bits per heavy atom. The molecular weight excluding hydrogens is 849 g/mol. The minimum absolute atomic E-state index is 0. The number of furan rings is 1. The molecule has 5 aromatic carbocycles. The number of pyridine rings is 2. The summed E-state index contributed by atoms with van der Waals surface area (Å²) in [6.45, 7) is 8.40. The molecule has 50 heavy (non-hydrogen) atoms. The summed E-state index contributed by atoms with van der Waals surface area (Å²) in [5.74, 6) is 7.18. The van der Waals surface area contributed by atoms with E-state index in [1.807, 2.05) is 39.5 Å². The second-order valence-corrected chi connectivity index (χ2v) is 24.2.